The second kappa shape index (κ2) is 6.46. The molecule has 0 spiro atoms. The molecular formula is C17H15ClN2OS. The SMILES string of the molecule is Cc1ccc(CCNC(=O)c2sc3ccccc3c2Cl)cn1. The van der Waals surface area contributed by atoms with Crippen LogP contribution in [0.25, 0.3) is 10.1 Å². The first-order chi connectivity index (χ1) is 10.6. The van der Waals surface area contributed by atoms with Crippen molar-refractivity contribution in [2.45, 2.75) is 13.3 Å². The predicted molar refractivity (Wildman–Crippen MR) is 91.8 cm³/mol. The molecule has 1 amide bonds. The molecular weight excluding hydrogens is 316 g/mol. The normalized spacial score (nSPS) is 10.8. The van der Waals surface area contributed by atoms with E-state index in [1.807, 2.05) is 49.5 Å². The lowest BCUT2D eigenvalue weighted by Gasteiger charge is -2.04. The average Bonchev–Trinajstić information content (AvgIpc) is 2.87. The third-order valence-electron chi connectivity index (χ3n) is 3.41. The maximum Gasteiger partial charge on any atom is 0.262 e. The van der Waals surface area contributed by atoms with Crippen molar-refractivity contribution >= 4 is 38.9 Å². The van der Waals surface area contributed by atoms with Gasteiger partial charge in [-0.2, -0.15) is 0 Å². The summed E-state index contributed by atoms with van der Waals surface area (Å²) in [7, 11) is 0. The Labute approximate surface area is 138 Å². The number of hydrogen-bond acceptors (Lipinski definition) is 3. The van der Waals surface area contributed by atoms with Crippen molar-refractivity contribution in [3.8, 4) is 0 Å². The maximum atomic E-state index is 12.3. The Kier molecular flexibility index (Phi) is 4.41. The van der Waals surface area contributed by atoms with Gasteiger partial charge in [-0.15, -0.1) is 11.3 Å². The van der Waals surface area contributed by atoms with Crippen LogP contribution < -0.4 is 5.32 Å². The molecule has 0 saturated heterocycles. The Morgan fingerprint density at radius 2 is 2.09 bits per heavy atom. The van der Waals surface area contributed by atoms with Gasteiger partial charge < -0.3 is 5.32 Å². The van der Waals surface area contributed by atoms with Gasteiger partial charge in [-0.05, 0) is 31.0 Å². The van der Waals surface area contributed by atoms with Crippen molar-refractivity contribution in [1.29, 1.82) is 0 Å². The number of thiophene rings is 1. The second-order valence-electron chi connectivity index (χ2n) is 5.06. The number of halogens is 1. The fourth-order valence-electron chi connectivity index (χ4n) is 2.21. The Hall–Kier alpha value is -1.91. The van der Waals surface area contributed by atoms with Crippen LogP contribution in [0, 0.1) is 6.92 Å². The molecule has 3 rings (SSSR count). The lowest BCUT2D eigenvalue weighted by Crippen LogP contribution is -2.25. The molecule has 22 heavy (non-hydrogen) atoms. The van der Waals surface area contributed by atoms with Crippen LogP contribution in [-0.2, 0) is 6.42 Å². The summed E-state index contributed by atoms with van der Waals surface area (Å²) in [4.78, 5) is 17.1. The van der Waals surface area contributed by atoms with Gasteiger partial charge in [0, 0.05) is 28.5 Å². The van der Waals surface area contributed by atoms with Crippen molar-refractivity contribution in [2.24, 2.45) is 0 Å². The number of nitrogens with zero attached hydrogens (tertiary/aromatic N) is 1. The zero-order valence-corrected chi connectivity index (χ0v) is 13.7. The first kappa shape index (κ1) is 15.0. The molecule has 0 radical (unpaired) electrons. The molecule has 0 saturated carbocycles. The van der Waals surface area contributed by atoms with Gasteiger partial charge in [-0.3, -0.25) is 9.78 Å². The van der Waals surface area contributed by atoms with Crippen molar-refractivity contribution in [1.82, 2.24) is 10.3 Å². The van der Waals surface area contributed by atoms with Gasteiger partial charge >= 0.3 is 0 Å². The molecule has 2 heterocycles. The summed E-state index contributed by atoms with van der Waals surface area (Å²) in [5, 5.41) is 4.39. The maximum absolute atomic E-state index is 12.3. The van der Waals surface area contributed by atoms with Gasteiger partial charge in [-0.1, -0.05) is 35.9 Å². The zero-order chi connectivity index (χ0) is 15.5. The van der Waals surface area contributed by atoms with E-state index in [-0.39, 0.29) is 5.91 Å². The average molecular weight is 331 g/mol. The van der Waals surface area contributed by atoms with E-state index in [9.17, 15) is 4.79 Å². The van der Waals surface area contributed by atoms with E-state index in [0.29, 0.717) is 16.4 Å². The highest BCUT2D eigenvalue weighted by Gasteiger charge is 2.16. The predicted octanol–water partition coefficient (Wildman–Crippen LogP) is 4.23. The van der Waals surface area contributed by atoms with Crippen LogP contribution in [0.2, 0.25) is 5.02 Å². The highest BCUT2D eigenvalue weighted by Crippen LogP contribution is 2.34. The van der Waals surface area contributed by atoms with Gasteiger partial charge in [0.1, 0.15) is 4.88 Å². The summed E-state index contributed by atoms with van der Waals surface area (Å²) in [6.07, 6.45) is 2.59. The molecule has 0 aliphatic carbocycles. The van der Waals surface area contributed by atoms with E-state index in [2.05, 4.69) is 10.3 Å². The van der Waals surface area contributed by atoms with E-state index in [4.69, 9.17) is 11.6 Å². The van der Waals surface area contributed by atoms with Gasteiger partial charge in [0.05, 0.1) is 5.02 Å². The summed E-state index contributed by atoms with van der Waals surface area (Å²) >= 11 is 7.73. The Morgan fingerprint density at radius 1 is 1.27 bits per heavy atom. The second-order valence-corrected chi connectivity index (χ2v) is 6.49. The number of carbonyl (C=O) groups excluding carboxylic acids is 1. The number of hydrogen-bond donors (Lipinski definition) is 1. The fourth-order valence-corrected chi connectivity index (χ4v) is 3.64. The Balaban J connectivity index is 1.66. The highest BCUT2D eigenvalue weighted by atomic mass is 35.5. The Morgan fingerprint density at radius 3 is 2.82 bits per heavy atom. The van der Waals surface area contributed by atoms with Crippen LogP contribution in [0.5, 0.6) is 0 Å². The van der Waals surface area contributed by atoms with Crippen LogP contribution in [0.15, 0.2) is 42.6 Å². The molecule has 0 fully saturated rings. The minimum absolute atomic E-state index is 0.119. The van der Waals surface area contributed by atoms with Crippen LogP contribution in [0.1, 0.15) is 20.9 Å². The van der Waals surface area contributed by atoms with Gasteiger partial charge in [0.25, 0.3) is 5.91 Å². The lowest BCUT2D eigenvalue weighted by molar-refractivity contribution is 0.0958. The highest BCUT2D eigenvalue weighted by molar-refractivity contribution is 7.21. The number of aryl methyl sites for hydroxylation is 1. The zero-order valence-electron chi connectivity index (χ0n) is 12.1. The third kappa shape index (κ3) is 3.13. The lowest BCUT2D eigenvalue weighted by atomic mass is 10.2. The number of carbonyl (C=O) groups is 1. The summed E-state index contributed by atoms with van der Waals surface area (Å²) in [6, 6.07) is 11.8. The first-order valence-electron chi connectivity index (χ1n) is 7.02. The minimum Gasteiger partial charge on any atom is -0.351 e. The standard InChI is InChI=1S/C17H15ClN2OS/c1-11-6-7-12(10-20-11)8-9-19-17(21)16-15(18)13-4-2-3-5-14(13)22-16/h2-7,10H,8-9H2,1H3,(H,19,21). The summed E-state index contributed by atoms with van der Waals surface area (Å²) in [5.41, 5.74) is 2.10. The van der Waals surface area contributed by atoms with Crippen molar-refractivity contribution in [3.05, 3.63) is 63.8 Å². The first-order valence-corrected chi connectivity index (χ1v) is 8.21. The molecule has 112 valence electrons. The minimum atomic E-state index is -0.119. The smallest absolute Gasteiger partial charge is 0.262 e. The molecule has 0 atom stereocenters. The van der Waals surface area contributed by atoms with E-state index in [0.717, 1.165) is 27.8 Å². The number of aromatic nitrogens is 1. The van der Waals surface area contributed by atoms with Crippen LogP contribution in [-0.4, -0.2) is 17.4 Å². The quantitative estimate of drug-likeness (QED) is 0.777. The number of benzene rings is 1. The van der Waals surface area contributed by atoms with E-state index < -0.39 is 0 Å². The molecule has 1 N–H and O–H groups in total. The molecule has 0 bridgehead atoms. The third-order valence-corrected chi connectivity index (χ3v) is 5.09. The van der Waals surface area contributed by atoms with Crippen LogP contribution in [0.3, 0.4) is 0 Å². The molecule has 0 aliphatic heterocycles. The van der Waals surface area contributed by atoms with Crippen molar-refractivity contribution < 1.29 is 4.79 Å². The van der Waals surface area contributed by atoms with Gasteiger partial charge in [-0.25, -0.2) is 0 Å². The number of rotatable bonds is 4. The number of fused-ring (bicyclic) bond motifs is 1. The van der Waals surface area contributed by atoms with Crippen molar-refractivity contribution in [2.75, 3.05) is 6.54 Å². The van der Waals surface area contributed by atoms with E-state index in [1.54, 1.807) is 0 Å². The number of nitrogens with one attached hydrogen (secondary N) is 1. The molecule has 0 unspecified atom stereocenters. The molecule has 3 nitrogen and oxygen atoms in total. The van der Waals surface area contributed by atoms with Gasteiger partial charge in [0.2, 0.25) is 0 Å². The van der Waals surface area contributed by atoms with E-state index >= 15 is 0 Å². The molecule has 3 aromatic rings. The van der Waals surface area contributed by atoms with Gasteiger partial charge in [0.15, 0.2) is 0 Å². The number of pyridine rings is 1. The monoisotopic (exact) mass is 330 g/mol. The van der Waals surface area contributed by atoms with Crippen LogP contribution >= 0.6 is 22.9 Å². The fraction of sp³-hybridized carbons (Fsp3) is 0.176. The molecule has 2 aromatic heterocycles. The van der Waals surface area contributed by atoms with E-state index in [1.165, 1.54) is 11.3 Å². The largest absolute Gasteiger partial charge is 0.351 e. The Bertz CT molecular complexity index is 811. The topological polar surface area (TPSA) is 42.0 Å². The summed E-state index contributed by atoms with van der Waals surface area (Å²) in [5.74, 6) is -0.119. The molecule has 1 aromatic carbocycles. The molecule has 0 aliphatic rings. The van der Waals surface area contributed by atoms with Crippen LogP contribution in [0.4, 0.5) is 0 Å². The summed E-state index contributed by atoms with van der Waals surface area (Å²) < 4.78 is 1.03. The summed E-state index contributed by atoms with van der Waals surface area (Å²) in [6.45, 7) is 2.52. The molecule has 5 heteroatoms. The van der Waals surface area contributed by atoms with Crippen molar-refractivity contribution in [3.63, 3.8) is 0 Å². The number of amides is 1.